The number of benzene rings is 2. The summed E-state index contributed by atoms with van der Waals surface area (Å²) in [6.45, 7) is 6.32. The lowest BCUT2D eigenvalue weighted by molar-refractivity contribution is 0.748. The molecule has 0 spiro atoms. The zero-order valence-corrected chi connectivity index (χ0v) is 14.3. The summed E-state index contributed by atoms with van der Waals surface area (Å²) in [5, 5.41) is 4.41. The van der Waals surface area contributed by atoms with Crippen LogP contribution in [0.4, 0.5) is 5.69 Å². The summed E-state index contributed by atoms with van der Waals surface area (Å²) >= 11 is 9.68. The fourth-order valence-electron chi connectivity index (χ4n) is 2.19. The lowest BCUT2D eigenvalue weighted by Gasteiger charge is -2.20. The van der Waals surface area contributed by atoms with Gasteiger partial charge < -0.3 is 5.32 Å². The molecule has 0 aliphatic carbocycles. The van der Waals surface area contributed by atoms with Crippen molar-refractivity contribution in [2.24, 2.45) is 0 Å². The van der Waals surface area contributed by atoms with Gasteiger partial charge in [0.05, 0.1) is 6.04 Å². The van der Waals surface area contributed by atoms with Crippen molar-refractivity contribution in [3.05, 3.63) is 62.6 Å². The Morgan fingerprint density at radius 3 is 2.45 bits per heavy atom. The molecule has 0 saturated carbocycles. The highest BCUT2D eigenvalue weighted by Gasteiger charge is 2.10. The average molecular weight is 353 g/mol. The van der Waals surface area contributed by atoms with Crippen molar-refractivity contribution in [2.45, 2.75) is 33.2 Å². The lowest BCUT2D eigenvalue weighted by Crippen LogP contribution is -2.10. The maximum Gasteiger partial charge on any atom is 0.0511 e. The molecule has 1 nitrogen and oxygen atoms in total. The Kier molecular flexibility index (Phi) is 5.11. The highest BCUT2D eigenvalue weighted by Crippen LogP contribution is 2.28. The molecule has 0 aliphatic heterocycles. The third-order valence-electron chi connectivity index (χ3n) is 3.51. The zero-order chi connectivity index (χ0) is 14.7. The van der Waals surface area contributed by atoms with E-state index in [0.29, 0.717) is 6.04 Å². The van der Waals surface area contributed by atoms with Crippen LogP contribution in [0.25, 0.3) is 0 Å². The van der Waals surface area contributed by atoms with Crippen LogP contribution in [0.2, 0.25) is 5.02 Å². The Bertz CT molecular complexity index is 610. The molecule has 0 aliphatic rings. The zero-order valence-electron chi connectivity index (χ0n) is 12.0. The minimum absolute atomic E-state index is 0.292. The van der Waals surface area contributed by atoms with Crippen molar-refractivity contribution >= 4 is 33.2 Å². The van der Waals surface area contributed by atoms with Crippen LogP contribution in [0.3, 0.4) is 0 Å². The van der Waals surface area contributed by atoms with Gasteiger partial charge in [-0.25, -0.2) is 0 Å². The van der Waals surface area contributed by atoms with Crippen molar-refractivity contribution in [1.82, 2.24) is 0 Å². The van der Waals surface area contributed by atoms with Gasteiger partial charge in [0.25, 0.3) is 0 Å². The minimum atomic E-state index is 0.292. The number of hydrogen-bond donors (Lipinski definition) is 1. The van der Waals surface area contributed by atoms with Crippen molar-refractivity contribution in [3.8, 4) is 0 Å². The first-order valence-electron chi connectivity index (χ1n) is 6.80. The maximum atomic E-state index is 6.10. The minimum Gasteiger partial charge on any atom is -0.378 e. The van der Waals surface area contributed by atoms with E-state index in [-0.39, 0.29) is 0 Å². The van der Waals surface area contributed by atoms with Gasteiger partial charge in [0.15, 0.2) is 0 Å². The summed E-state index contributed by atoms with van der Waals surface area (Å²) in [5.74, 6) is 0. The first-order chi connectivity index (χ1) is 9.51. The maximum absolute atomic E-state index is 6.10. The topological polar surface area (TPSA) is 12.0 Å². The van der Waals surface area contributed by atoms with Crippen LogP contribution >= 0.6 is 27.5 Å². The molecule has 0 bridgehead atoms. The Morgan fingerprint density at radius 2 is 1.85 bits per heavy atom. The summed E-state index contributed by atoms with van der Waals surface area (Å²) in [4.78, 5) is 0. The fourth-order valence-corrected chi connectivity index (χ4v) is 2.69. The lowest BCUT2D eigenvalue weighted by atomic mass is 10.0. The molecule has 1 atom stereocenters. The molecule has 3 heteroatoms. The fraction of sp³-hybridized carbons (Fsp3) is 0.294. The molecule has 1 unspecified atom stereocenters. The van der Waals surface area contributed by atoms with Gasteiger partial charge in [-0.1, -0.05) is 52.7 Å². The van der Waals surface area contributed by atoms with Gasteiger partial charge in [0.1, 0.15) is 0 Å². The van der Waals surface area contributed by atoms with Crippen LogP contribution < -0.4 is 5.32 Å². The first kappa shape index (κ1) is 15.4. The number of nitrogens with one attached hydrogen (secondary N) is 1. The highest BCUT2D eigenvalue weighted by molar-refractivity contribution is 9.10. The van der Waals surface area contributed by atoms with Crippen LogP contribution in [-0.2, 0) is 0 Å². The van der Waals surface area contributed by atoms with E-state index in [1.807, 2.05) is 13.0 Å². The van der Waals surface area contributed by atoms with Gasteiger partial charge in [0, 0.05) is 15.2 Å². The SMILES string of the molecule is CCC(Nc1ccc(C)c(Br)c1)c1ccc(Cl)c(C)c1. The second kappa shape index (κ2) is 6.64. The Labute approximate surface area is 134 Å². The predicted octanol–water partition coefficient (Wildman–Crippen LogP) is 6.28. The second-order valence-electron chi connectivity index (χ2n) is 5.08. The van der Waals surface area contributed by atoms with Gasteiger partial charge in [-0.15, -0.1) is 0 Å². The monoisotopic (exact) mass is 351 g/mol. The summed E-state index contributed by atoms with van der Waals surface area (Å²) in [7, 11) is 0. The van der Waals surface area contributed by atoms with E-state index in [1.54, 1.807) is 0 Å². The van der Waals surface area contributed by atoms with E-state index in [2.05, 4.69) is 65.4 Å². The molecular weight excluding hydrogens is 334 g/mol. The molecule has 0 fully saturated rings. The average Bonchev–Trinajstić information content (AvgIpc) is 2.43. The van der Waals surface area contributed by atoms with Gasteiger partial charge in [-0.3, -0.25) is 0 Å². The number of aryl methyl sites for hydroxylation is 2. The quantitative estimate of drug-likeness (QED) is 0.682. The molecule has 2 aromatic carbocycles. The molecule has 106 valence electrons. The van der Waals surface area contributed by atoms with E-state index in [1.165, 1.54) is 11.1 Å². The van der Waals surface area contributed by atoms with Gasteiger partial charge >= 0.3 is 0 Å². The number of rotatable bonds is 4. The van der Waals surface area contributed by atoms with E-state index in [9.17, 15) is 0 Å². The predicted molar refractivity (Wildman–Crippen MR) is 91.7 cm³/mol. The molecule has 2 rings (SSSR count). The van der Waals surface area contributed by atoms with Gasteiger partial charge in [-0.05, 0) is 55.2 Å². The van der Waals surface area contributed by atoms with E-state index in [0.717, 1.165) is 27.2 Å². The van der Waals surface area contributed by atoms with Crippen LogP contribution in [0.5, 0.6) is 0 Å². The summed E-state index contributed by atoms with van der Waals surface area (Å²) < 4.78 is 1.13. The van der Waals surface area contributed by atoms with Crippen molar-refractivity contribution < 1.29 is 0 Å². The summed E-state index contributed by atoms with van der Waals surface area (Å²) in [6.07, 6.45) is 1.02. The van der Waals surface area contributed by atoms with Crippen molar-refractivity contribution in [2.75, 3.05) is 5.32 Å². The smallest absolute Gasteiger partial charge is 0.0511 e. The van der Waals surface area contributed by atoms with E-state index < -0.39 is 0 Å². The standard InChI is InChI=1S/C17H19BrClN/c1-4-17(13-6-8-16(19)12(3)9-13)20-14-7-5-11(2)15(18)10-14/h5-10,17,20H,4H2,1-3H3. The van der Waals surface area contributed by atoms with Gasteiger partial charge in [0.2, 0.25) is 0 Å². The molecule has 1 N–H and O–H groups in total. The molecule has 0 saturated heterocycles. The first-order valence-corrected chi connectivity index (χ1v) is 7.97. The van der Waals surface area contributed by atoms with Gasteiger partial charge in [-0.2, -0.15) is 0 Å². The summed E-state index contributed by atoms with van der Waals surface area (Å²) in [5.41, 5.74) is 4.76. The van der Waals surface area contributed by atoms with Crippen molar-refractivity contribution in [3.63, 3.8) is 0 Å². The van der Waals surface area contributed by atoms with E-state index >= 15 is 0 Å². The highest BCUT2D eigenvalue weighted by atomic mass is 79.9. The Hall–Kier alpha value is -0.990. The third-order valence-corrected chi connectivity index (χ3v) is 4.78. The van der Waals surface area contributed by atoms with E-state index in [4.69, 9.17) is 11.6 Å². The normalized spacial score (nSPS) is 12.2. The Balaban J connectivity index is 2.23. The van der Waals surface area contributed by atoms with Crippen molar-refractivity contribution in [1.29, 1.82) is 0 Å². The number of halogens is 2. The molecule has 2 aromatic rings. The number of anilines is 1. The van der Waals surface area contributed by atoms with Crippen LogP contribution in [0, 0.1) is 13.8 Å². The van der Waals surface area contributed by atoms with Crippen LogP contribution in [0.15, 0.2) is 40.9 Å². The second-order valence-corrected chi connectivity index (χ2v) is 6.34. The number of hydrogen-bond acceptors (Lipinski definition) is 1. The molecule has 0 radical (unpaired) electrons. The molecular formula is C17H19BrClN. The molecule has 0 heterocycles. The third kappa shape index (κ3) is 3.56. The largest absolute Gasteiger partial charge is 0.378 e. The summed E-state index contributed by atoms with van der Waals surface area (Å²) in [6, 6.07) is 12.9. The Morgan fingerprint density at radius 1 is 1.10 bits per heavy atom. The molecule has 0 aromatic heterocycles. The molecule has 0 amide bonds. The van der Waals surface area contributed by atoms with Crippen LogP contribution in [0.1, 0.15) is 36.1 Å². The van der Waals surface area contributed by atoms with Crippen LogP contribution in [-0.4, -0.2) is 0 Å². The molecule has 20 heavy (non-hydrogen) atoms.